The van der Waals surface area contributed by atoms with Crippen LogP contribution in [0.5, 0.6) is 0 Å². The van der Waals surface area contributed by atoms with Gasteiger partial charge in [0.15, 0.2) is 0 Å². The van der Waals surface area contributed by atoms with Gasteiger partial charge in [-0.05, 0) is 59.9 Å². The Morgan fingerprint density at radius 3 is 2.08 bits per heavy atom. The first-order valence-corrected chi connectivity index (χ1v) is 11.3. The lowest BCUT2D eigenvalue weighted by Gasteiger charge is -2.38. The highest BCUT2D eigenvalue weighted by atomic mass is 19.1. The summed E-state index contributed by atoms with van der Waals surface area (Å²) in [5, 5.41) is 14.8. The molecule has 1 aliphatic rings. The topological polar surface area (TPSA) is 98.7 Å². The molecule has 0 unspecified atom stereocenters. The van der Waals surface area contributed by atoms with Crippen LogP contribution in [0, 0.1) is 17.6 Å². The van der Waals surface area contributed by atoms with Gasteiger partial charge >= 0.3 is 12.0 Å². The van der Waals surface area contributed by atoms with Gasteiger partial charge in [-0.3, -0.25) is 4.79 Å². The van der Waals surface area contributed by atoms with Crippen molar-refractivity contribution in [3.63, 3.8) is 0 Å². The second-order valence-corrected chi connectivity index (χ2v) is 9.19. The molecule has 0 saturated heterocycles. The van der Waals surface area contributed by atoms with E-state index in [0.717, 1.165) is 28.8 Å². The number of fused-ring (bicyclic) bond motifs is 1. The van der Waals surface area contributed by atoms with E-state index in [1.807, 2.05) is 12.1 Å². The van der Waals surface area contributed by atoms with Gasteiger partial charge in [-0.2, -0.15) is 0 Å². The van der Waals surface area contributed by atoms with Crippen molar-refractivity contribution in [2.75, 3.05) is 10.6 Å². The number of halogens is 2. The molecule has 3 aromatic rings. The third kappa shape index (κ3) is 4.64. The van der Waals surface area contributed by atoms with E-state index < -0.39 is 29.2 Å². The third-order valence-corrected chi connectivity index (χ3v) is 6.63. The standard InChI is InChI=1S/C27H25F2N3O4/c1-15(2)27(3,25(34)35)32-14-18-5-4-17(10-23(18)24(32)33)16-6-8-21(9-7-16)30-26(36)31-22-12-19(28)11-20(29)13-22/h4-13,15H,14H2,1-3H3,(H,34,35)(H2,30,31,36)/t27-/m0/s1. The van der Waals surface area contributed by atoms with Crippen LogP contribution >= 0.6 is 0 Å². The Morgan fingerprint density at radius 1 is 0.917 bits per heavy atom. The average molecular weight is 494 g/mol. The zero-order chi connectivity index (χ0) is 26.2. The number of aliphatic carboxylic acids is 1. The lowest BCUT2D eigenvalue weighted by atomic mass is 9.86. The van der Waals surface area contributed by atoms with E-state index in [1.165, 1.54) is 4.90 Å². The lowest BCUT2D eigenvalue weighted by molar-refractivity contribution is -0.151. The molecule has 0 aliphatic carbocycles. The van der Waals surface area contributed by atoms with Crippen molar-refractivity contribution in [3.8, 4) is 11.1 Å². The van der Waals surface area contributed by atoms with E-state index in [2.05, 4.69) is 10.6 Å². The van der Waals surface area contributed by atoms with E-state index in [-0.39, 0.29) is 24.1 Å². The van der Waals surface area contributed by atoms with E-state index in [9.17, 15) is 28.3 Å². The number of hydrogen-bond donors (Lipinski definition) is 3. The smallest absolute Gasteiger partial charge is 0.329 e. The summed E-state index contributed by atoms with van der Waals surface area (Å²) >= 11 is 0. The van der Waals surface area contributed by atoms with Crippen molar-refractivity contribution in [1.29, 1.82) is 0 Å². The van der Waals surface area contributed by atoms with E-state index in [1.54, 1.807) is 51.1 Å². The van der Waals surface area contributed by atoms with Gasteiger partial charge in [-0.1, -0.05) is 38.1 Å². The minimum atomic E-state index is -1.33. The number of carboxylic acids is 1. The molecule has 7 nitrogen and oxygen atoms in total. The van der Waals surface area contributed by atoms with E-state index in [0.29, 0.717) is 17.3 Å². The van der Waals surface area contributed by atoms with Gasteiger partial charge in [-0.15, -0.1) is 0 Å². The van der Waals surface area contributed by atoms with Crippen LogP contribution in [0.1, 0.15) is 36.7 Å². The molecule has 186 valence electrons. The molecule has 0 fully saturated rings. The summed E-state index contributed by atoms with van der Waals surface area (Å²) < 4.78 is 26.6. The fourth-order valence-electron chi connectivity index (χ4n) is 4.20. The van der Waals surface area contributed by atoms with Crippen molar-refractivity contribution in [2.24, 2.45) is 5.92 Å². The molecule has 0 spiro atoms. The number of carbonyl (C=O) groups is 3. The summed E-state index contributed by atoms with van der Waals surface area (Å²) in [6.07, 6.45) is 0. The fourth-order valence-corrected chi connectivity index (χ4v) is 4.20. The minimum Gasteiger partial charge on any atom is -0.479 e. The van der Waals surface area contributed by atoms with Crippen LogP contribution in [0.15, 0.2) is 60.7 Å². The van der Waals surface area contributed by atoms with Gasteiger partial charge in [0.25, 0.3) is 5.91 Å². The minimum absolute atomic E-state index is 0.0186. The number of anilines is 2. The van der Waals surface area contributed by atoms with Gasteiger partial charge in [0.1, 0.15) is 17.2 Å². The highest BCUT2D eigenvalue weighted by molar-refractivity contribution is 6.02. The maximum absolute atomic E-state index is 13.3. The molecule has 0 bridgehead atoms. The molecule has 3 aromatic carbocycles. The molecule has 9 heteroatoms. The van der Waals surface area contributed by atoms with Crippen molar-refractivity contribution < 1.29 is 28.3 Å². The van der Waals surface area contributed by atoms with Crippen molar-refractivity contribution in [1.82, 2.24) is 4.90 Å². The summed E-state index contributed by atoms with van der Waals surface area (Å²) in [4.78, 5) is 38.8. The number of nitrogens with zero attached hydrogens (tertiary/aromatic N) is 1. The molecule has 1 heterocycles. The van der Waals surface area contributed by atoms with Gasteiger partial charge in [0.2, 0.25) is 0 Å². The quantitative estimate of drug-likeness (QED) is 0.408. The van der Waals surface area contributed by atoms with Gasteiger partial charge in [0, 0.05) is 29.5 Å². The Labute approximate surface area is 206 Å². The predicted molar refractivity (Wildman–Crippen MR) is 132 cm³/mol. The highest BCUT2D eigenvalue weighted by Gasteiger charge is 2.48. The van der Waals surface area contributed by atoms with Gasteiger partial charge < -0.3 is 20.6 Å². The molecule has 3 amide bonds. The zero-order valence-corrected chi connectivity index (χ0v) is 19.9. The second-order valence-electron chi connectivity index (χ2n) is 9.19. The third-order valence-electron chi connectivity index (χ3n) is 6.63. The number of rotatable bonds is 6. The van der Waals surface area contributed by atoms with Gasteiger partial charge in [-0.25, -0.2) is 18.4 Å². The Morgan fingerprint density at radius 2 is 1.50 bits per heavy atom. The van der Waals surface area contributed by atoms with Gasteiger partial charge in [0.05, 0.1) is 0 Å². The van der Waals surface area contributed by atoms with E-state index >= 15 is 0 Å². The summed E-state index contributed by atoms with van der Waals surface area (Å²) in [5.74, 6) is -3.27. The van der Waals surface area contributed by atoms with Crippen molar-refractivity contribution in [2.45, 2.75) is 32.9 Å². The maximum atomic E-state index is 13.3. The first-order chi connectivity index (χ1) is 17.0. The fraction of sp³-hybridized carbons (Fsp3) is 0.222. The number of carboxylic acid groups (broad SMARTS) is 1. The van der Waals surface area contributed by atoms with Crippen LogP contribution in [-0.2, 0) is 11.3 Å². The molecule has 0 radical (unpaired) electrons. The highest BCUT2D eigenvalue weighted by Crippen LogP contribution is 2.36. The number of carbonyl (C=O) groups excluding carboxylic acids is 2. The van der Waals surface area contributed by atoms with Crippen LogP contribution < -0.4 is 10.6 Å². The summed E-state index contributed by atoms with van der Waals surface area (Å²) in [7, 11) is 0. The zero-order valence-electron chi connectivity index (χ0n) is 19.9. The van der Waals surface area contributed by atoms with E-state index in [4.69, 9.17) is 0 Å². The van der Waals surface area contributed by atoms with Crippen molar-refractivity contribution in [3.05, 3.63) is 83.4 Å². The average Bonchev–Trinajstić information content (AvgIpc) is 3.14. The van der Waals surface area contributed by atoms with Crippen molar-refractivity contribution >= 4 is 29.3 Å². The molecular formula is C27H25F2N3O4. The summed E-state index contributed by atoms with van der Waals surface area (Å²) in [6, 6.07) is 14.3. The molecular weight excluding hydrogens is 468 g/mol. The van der Waals surface area contributed by atoms with Crippen LogP contribution in [0.25, 0.3) is 11.1 Å². The summed E-state index contributed by atoms with van der Waals surface area (Å²) in [5.41, 5.74) is 1.87. The largest absolute Gasteiger partial charge is 0.479 e. The Hall–Kier alpha value is -4.27. The molecule has 4 rings (SSSR count). The Balaban J connectivity index is 1.49. The molecule has 1 atom stereocenters. The number of nitrogens with one attached hydrogen (secondary N) is 2. The first kappa shape index (κ1) is 24.8. The molecule has 0 aromatic heterocycles. The number of hydrogen-bond acceptors (Lipinski definition) is 3. The van der Waals surface area contributed by atoms with Crippen LogP contribution in [0.2, 0.25) is 0 Å². The number of urea groups is 1. The first-order valence-electron chi connectivity index (χ1n) is 11.3. The predicted octanol–water partition coefficient (Wildman–Crippen LogP) is 5.73. The lowest BCUT2D eigenvalue weighted by Crippen LogP contribution is -2.56. The second kappa shape index (κ2) is 9.41. The molecule has 36 heavy (non-hydrogen) atoms. The normalized spacial score (nSPS) is 14.4. The Kier molecular flexibility index (Phi) is 6.49. The number of amides is 3. The molecule has 1 aliphatic heterocycles. The van der Waals surface area contributed by atoms with Crippen LogP contribution in [0.3, 0.4) is 0 Å². The monoisotopic (exact) mass is 493 g/mol. The Bertz CT molecular complexity index is 1340. The number of benzene rings is 3. The summed E-state index contributed by atoms with van der Waals surface area (Å²) in [6.45, 7) is 5.35. The van der Waals surface area contributed by atoms with Crippen LogP contribution in [-0.4, -0.2) is 33.5 Å². The van der Waals surface area contributed by atoms with Crippen LogP contribution in [0.4, 0.5) is 25.0 Å². The maximum Gasteiger partial charge on any atom is 0.329 e. The molecule has 0 saturated carbocycles. The molecule has 3 N–H and O–H groups in total. The SMILES string of the molecule is CC(C)[C@@](C)(C(=O)O)N1Cc2ccc(-c3ccc(NC(=O)Nc4cc(F)cc(F)c4)cc3)cc2C1=O.